The van der Waals surface area contributed by atoms with Gasteiger partial charge in [0.1, 0.15) is 0 Å². The number of nitrogens with zero attached hydrogens (tertiary/aromatic N) is 1. The van der Waals surface area contributed by atoms with Crippen LogP contribution in [0, 0.1) is 5.92 Å². The monoisotopic (exact) mass is 319 g/mol. The largest absolute Gasteiger partial charge is 0.355 e. The molecule has 6 heteroatoms. The van der Waals surface area contributed by atoms with E-state index in [1.807, 2.05) is 37.3 Å². The van der Waals surface area contributed by atoms with E-state index in [1.54, 1.807) is 18.0 Å². The Bertz CT molecular complexity index is 533. The number of hydrogen-bond donors (Lipinski definition) is 2. The Morgan fingerprint density at radius 3 is 2.82 bits per heavy atom. The molecular weight excluding hydrogens is 298 g/mol. The molecule has 2 amide bonds. The third kappa shape index (κ3) is 4.87. The molecule has 2 rings (SSSR count). The Morgan fingerprint density at radius 2 is 2.18 bits per heavy atom. The number of carbonyl (C=O) groups excluding carboxylic acids is 2. The molecule has 0 fully saturated rings. The van der Waals surface area contributed by atoms with Crippen LogP contribution in [0.15, 0.2) is 40.3 Å². The van der Waals surface area contributed by atoms with Crippen molar-refractivity contribution in [2.24, 2.45) is 11.0 Å². The first-order valence-corrected chi connectivity index (χ1v) is 8.41. The highest BCUT2D eigenvalue weighted by Crippen LogP contribution is 2.25. The first kappa shape index (κ1) is 16.5. The third-order valence-electron chi connectivity index (χ3n) is 3.44. The maximum atomic E-state index is 12.2. The number of benzene rings is 1. The molecule has 1 heterocycles. The maximum Gasteiger partial charge on any atom is 0.248 e. The molecule has 22 heavy (non-hydrogen) atoms. The van der Waals surface area contributed by atoms with Gasteiger partial charge in [0, 0.05) is 17.7 Å². The molecule has 1 aliphatic heterocycles. The quantitative estimate of drug-likeness (QED) is 0.570. The summed E-state index contributed by atoms with van der Waals surface area (Å²) in [5.74, 6) is -0.157. The van der Waals surface area contributed by atoms with Gasteiger partial charge in [0.05, 0.1) is 11.2 Å². The minimum Gasteiger partial charge on any atom is -0.355 e. The van der Waals surface area contributed by atoms with Gasteiger partial charge in [0.15, 0.2) is 0 Å². The van der Waals surface area contributed by atoms with Gasteiger partial charge in [0.2, 0.25) is 11.8 Å². The molecular formula is C16H21N3O2S. The van der Waals surface area contributed by atoms with Crippen molar-refractivity contribution in [3.8, 4) is 0 Å². The maximum absolute atomic E-state index is 12.2. The topological polar surface area (TPSA) is 70.6 Å². The number of rotatable bonds is 8. The lowest BCUT2D eigenvalue weighted by Gasteiger charge is -2.15. The Labute approximate surface area is 134 Å². The number of carbonyl (C=O) groups is 2. The van der Waals surface area contributed by atoms with Crippen molar-refractivity contribution < 1.29 is 9.59 Å². The van der Waals surface area contributed by atoms with Gasteiger partial charge in [0.25, 0.3) is 0 Å². The van der Waals surface area contributed by atoms with Crippen molar-refractivity contribution in [3.05, 3.63) is 30.3 Å². The fourth-order valence-corrected chi connectivity index (χ4v) is 3.18. The van der Waals surface area contributed by atoms with E-state index < -0.39 is 0 Å². The average molecular weight is 319 g/mol. The van der Waals surface area contributed by atoms with Crippen LogP contribution in [0.2, 0.25) is 0 Å². The van der Waals surface area contributed by atoms with E-state index in [2.05, 4.69) is 15.8 Å². The minimum absolute atomic E-state index is 0.0564. The summed E-state index contributed by atoms with van der Waals surface area (Å²) in [5, 5.41) is 6.60. The summed E-state index contributed by atoms with van der Waals surface area (Å²) in [4.78, 5) is 24.6. The number of amides is 2. The summed E-state index contributed by atoms with van der Waals surface area (Å²) in [6, 6.07) is 9.94. The number of thioether (sulfide) groups is 1. The molecule has 0 radical (unpaired) electrons. The predicted molar refractivity (Wildman–Crippen MR) is 88.7 cm³/mol. The summed E-state index contributed by atoms with van der Waals surface area (Å²) < 4.78 is 0. The van der Waals surface area contributed by atoms with Gasteiger partial charge in [-0.25, -0.2) is 5.43 Å². The smallest absolute Gasteiger partial charge is 0.248 e. The van der Waals surface area contributed by atoms with Crippen molar-refractivity contribution in [2.45, 2.75) is 36.3 Å². The van der Waals surface area contributed by atoms with E-state index in [9.17, 15) is 9.59 Å². The zero-order chi connectivity index (χ0) is 15.8. The molecule has 118 valence electrons. The first-order valence-electron chi connectivity index (χ1n) is 7.53. The van der Waals surface area contributed by atoms with Crippen molar-refractivity contribution in [1.82, 2.24) is 10.7 Å². The Morgan fingerprint density at radius 1 is 1.41 bits per heavy atom. The van der Waals surface area contributed by atoms with Crippen LogP contribution in [0.4, 0.5) is 0 Å². The van der Waals surface area contributed by atoms with E-state index in [0.717, 1.165) is 17.7 Å². The van der Waals surface area contributed by atoms with Crippen LogP contribution in [0.5, 0.6) is 0 Å². The minimum atomic E-state index is -0.155. The number of hydrazone groups is 1. The summed E-state index contributed by atoms with van der Waals surface area (Å²) >= 11 is 1.58. The molecule has 1 aromatic carbocycles. The van der Waals surface area contributed by atoms with Crippen LogP contribution in [-0.2, 0) is 9.59 Å². The summed E-state index contributed by atoms with van der Waals surface area (Å²) in [6.07, 6.45) is 3.88. The molecule has 0 spiro atoms. The third-order valence-corrected chi connectivity index (χ3v) is 4.82. The first-order chi connectivity index (χ1) is 10.7. The van der Waals surface area contributed by atoms with E-state index in [-0.39, 0.29) is 23.0 Å². The van der Waals surface area contributed by atoms with Crippen LogP contribution < -0.4 is 10.7 Å². The van der Waals surface area contributed by atoms with Gasteiger partial charge in [-0.2, -0.15) is 5.10 Å². The zero-order valence-electron chi connectivity index (χ0n) is 12.6. The van der Waals surface area contributed by atoms with Crippen LogP contribution >= 0.6 is 11.8 Å². The Balaban J connectivity index is 1.70. The lowest BCUT2D eigenvalue weighted by molar-refractivity contribution is -0.122. The SMILES string of the molecule is CCC(Sc1ccccc1)C(=O)NCCCC1C=NNC1=O. The standard InChI is InChI=1S/C16H21N3O2S/c1-2-14(22-13-8-4-3-5-9-13)16(21)17-10-6-7-12-11-18-19-15(12)20/h3-5,8-9,11-12,14H,2,6-7,10H2,1H3,(H,17,21)(H,19,20). The van der Waals surface area contributed by atoms with Gasteiger partial charge >= 0.3 is 0 Å². The molecule has 0 saturated carbocycles. The van der Waals surface area contributed by atoms with Gasteiger partial charge < -0.3 is 5.32 Å². The van der Waals surface area contributed by atoms with Crippen LogP contribution in [0.25, 0.3) is 0 Å². The molecule has 2 atom stereocenters. The van der Waals surface area contributed by atoms with E-state index in [4.69, 9.17) is 0 Å². The molecule has 0 aliphatic carbocycles. The van der Waals surface area contributed by atoms with Gasteiger partial charge in [-0.05, 0) is 31.4 Å². The average Bonchev–Trinajstić information content (AvgIpc) is 2.95. The summed E-state index contributed by atoms with van der Waals surface area (Å²) in [5.41, 5.74) is 2.41. The van der Waals surface area contributed by atoms with E-state index in [1.165, 1.54) is 0 Å². The van der Waals surface area contributed by atoms with Crippen LogP contribution in [0.1, 0.15) is 26.2 Å². The molecule has 2 unspecified atom stereocenters. The fraction of sp³-hybridized carbons (Fsp3) is 0.438. The predicted octanol–water partition coefficient (Wildman–Crippen LogP) is 2.19. The molecule has 1 aliphatic rings. The second kappa shape index (κ2) is 8.58. The fourth-order valence-electron chi connectivity index (χ4n) is 2.18. The van der Waals surface area contributed by atoms with E-state index in [0.29, 0.717) is 13.0 Å². The van der Waals surface area contributed by atoms with Gasteiger partial charge in [-0.3, -0.25) is 9.59 Å². The molecule has 1 aromatic rings. The molecule has 0 saturated heterocycles. The Kier molecular flexibility index (Phi) is 6.45. The highest BCUT2D eigenvalue weighted by Gasteiger charge is 2.21. The summed E-state index contributed by atoms with van der Waals surface area (Å²) in [6.45, 7) is 2.60. The van der Waals surface area contributed by atoms with Crippen LogP contribution in [0.3, 0.4) is 0 Å². The van der Waals surface area contributed by atoms with Gasteiger partial charge in [-0.15, -0.1) is 11.8 Å². The van der Waals surface area contributed by atoms with Gasteiger partial charge in [-0.1, -0.05) is 25.1 Å². The van der Waals surface area contributed by atoms with Crippen LogP contribution in [-0.4, -0.2) is 29.8 Å². The molecule has 5 nitrogen and oxygen atoms in total. The zero-order valence-corrected chi connectivity index (χ0v) is 13.4. The van der Waals surface area contributed by atoms with Crippen molar-refractivity contribution >= 4 is 29.8 Å². The molecule has 0 aromatic heterocycles. The summed E-state index contributed by atoms with van der Waals surface area (Å²) in [7, 11) is 0. The Hall–Kier alpha value is -1.82. The number of nitrogens with one attached hydrogen (secondary N) is 2. The van der Waals surface area contributed by atoms with Crippen molar-refractivity contribution in [1.29, 1.82) is 0 Å². The molecule has 0 bridgehead atoms. The number of hydrogen-bond acceptors (Lipinski definition) is 4. The normalized spacial score (nSPS) is 18.0. The molecule has 2 N–H and O–H groups in total. The second-order valence-electron chi connectivity index (χ2n) is 5.12. The highest BCUT2D eigenvalue weighted by molar-refractivity contribution is 8.00. The van der Waals surface area contributed by atoms with E-state index >= 15 is 0 Å². The van der Waals surface area contributed by atoms with Crippen molar-refractivity contribution in [2.75, 3.05) is 6.54 Å². The lowest BCUT2D eigenvalue weighted by Crippen LogP contribution is -2.33. The second-order valence-corrected chi connectivity index (χ2v) is 6.40. The lowest BCUT2D eigenvalue weighted by atomic mass is 10.1. The highest BCUT2D eigenvalue weighted by atomic mass is 32.2. The van der Waals surface area contributed by atoms with Crippen molar-refractivity contribution in [3.63, 3.8) is 0 Å².